The molecule has 0 bridgehead atoms. The molecular formula is C22H30N2O3S. The second kappa shape index (κ2) is 10.0. The van der Waals surface area contributed by atoms with E-state index in [9.17, 15) is 9.59 Å². The largest absolute Gasteiger partial charge is 0.383 e. The van der Waals surface area contributed by atoms with Gasteiger partial charge in [-0.05, 0) is 36.3 Å². The molecule has 1 N–H and O–H groups in total. The van der Waals surface area contributed by atoms with Crippen molar-refractivity contribution in [1.82, 2.24) is 10.2 Å². The summed E-state index contributed by atoms with van der Waals surface area (Å²) >= 11 is 1.54. The minimum atomic E-state index is -0.0461. The summed E-state index contributed by atoms with van der Waals surface area (Å²) in [5.41, 5.74) is 1.08. The molecule has 0 aliphatic carbocycles. The lowest BCUT2D eigenvalue weighted by molar-refractivity contribution is -0.133. The molecule has 0 saturated carbocycles. The summed E-state index contributed by atoms with van der Waals surface area (Å²) in [5, 5.41) is 4.10. The average Bonchev–Trinajstić information content (AvgIpc) is 2.91. The van der Waals surface area contributed by atoms with Crippen molar-refractivity contribution in [2.45, 2.75) is 51.5 Å². The number of carbonyl (C=O) groups excluding carboxylic acids is 2. The van der Waals surface area contributed by atoms with Crippen LogP contribution in [0.15, 0.2) is 24.3 Å². The molecule has 1 fully saturated rings. The molecule has 0 radical (unpaired) electrons. The number of likely N-dealkylation sites (tertiary alicyclic amines) is 1. The Morgan fingerprint density at radius 2 is 2.07 bits per heavy atom. The second-order valence-corrected chi connectivity index (χ2v) is 8.35. The van der Waals surface area contributed by atoms with Gasteiger partial charge in [-0.1, -0.05) is 38.0 Å². The molecule has 1 aliphatic rings. The summed E-state index contributed by atoms with van der Waals surface area (Å²) in [6, 6.07) is 8.35. The van der Waals surface area contributed by atoms with Crippen molar-refractivity contribution >= 4 is 33.2 Å². The summed E-state index contributed by atoms with van der Waals surface area (Å²) < 4.78 is 6.17. The number of rotatable bonds is 7. The molecule has 1 aliphatic heterocycles. The van der Waals surface area contributed by atoms with Crippen LogP contribution in [0.4, 0.5) is 0 Å². The first-order chi connectivity index (χ1) is 13.7. The van der Waals surface area contributed by atoms with Crippen LogP contribution in [0.25, 0.3) is 10.1 Å². The molecule has 1 atom stereocenters. The average molecular weight is 403 g/mol. The van der Waals surface area contributed by atoms with Gasteiger partial charge in [0.1, 0.15) is 0 Å². The highest BCUT2D eigenvalue weighted by Crippen LogP contribution is 2.34. The summed E-state index contributed by atoms with van der Waals surface area (Å²) in [6.07, 6.45) is 5.64. The summed E-state index contributed by atoms with van der Waals surface area (Å²) in [4.78, 5) is 28.2. The smallest absolute Gasteiger partial charge is 0.261 e. The normalized spacial score (nSPS) is 17.5. The van der Waals surface area contributed by atoms with E-state index in [2.05, 4.69) is 22.3 Å². The fraction of sp³-hybridized carbons (Fsp3) is 0.545. The first kappa shape index (κ1) is 20.8. The lowest BCUT2D eigenvalue weighted by atomic mass is 9.97. The maximum absolute atomic E-state index is 12.9. The molecule has 1 saturated heterocycles. The minimum absolute atomic E-state index is 0.0461. The zero-order chi connectivity index (χ0) is 19.9. The van der Waals surface area contributed by atoms with Crippen molar-refractivity contribution in [1.29, 1.82) is 0 Å². The van der Waals surface area contributed by atoms with Gasteiger partial charge in [0.2, 0.25) is 5.91 Å². The summed E-state index contributed by atoms with van der Waals surface area (Å²) in [6.45, 7) is 3.74. The van der Waals surface area contributed by atoms with Crippen LogP contribution in [0, 0.1) is 0 Å². The predicted octanol–water partition coefficient (Wildman–Crippen LogP) is 4.00. The van der Waals surface area contributed by atoms with Crippen LogP contribution >= 0.6 is 11.3 Å². The number of nitrogens with zero attached hydrogens (tertiary/aromatic N) is 1. The third kappa shape index (κ3) is 4.73. The van der Waals surface area contributed by atoms with E-state index in [0.29, 0.717) is 19.6 Å². The maximum Gasteiger partial charge on any atom is 0.261 e. The number of carbonyl (C=O) groups is 2. The van der Waals surface area contributed by atoms with Crippen LogP contribution in [0.5, 0.6) is 0 Å². The first-order valence-corrected chi connectivity index (χ1v) is 11.0. The van der Waals surface area contributed by atoms with E-state index in [0.717, 1.165) is 52.8 Å². The predicted molar refractivity (Wildman–Crippen MR) is 114 cm³/mol. The van der Waals surface area contributed by atoms with Crippen molar-refractivity contribution in [3.05, 3.63) is 34.7 Å². The zero-order valence-corrected chi connectivity index (χ0v) is 17.6. The van der Waals surface area contributed by atoms with Gasteiger partial charge in [0.15, 0.2) is 0 Å². The molecule has 0 spiro atoms. The Morgan fingerprint density at radius 3 is 2.86 bits per heavy atom. The molecule has 2 amide bonds. The monoisotopic (exact) mass is 402 g/mol. The van der Waals surface area contributed by atoms with Crippen LogP contribution < -0.4 is 5.32 Å². The van der Waals surface area contributed by atoms with Crippen molar-refractivity contribution < 1.29 is 14.3 Å². The van der Waals surface area contributed by atoms with Gasteiger partial charge in [0, 0.05) is 37.4 Å². The number of methoxy groups -OCH3 is 1. The number of benzene rings is 1. The Labute approximate surface area is 171 Å². The van der Waals surface area contributed by atoms with E-state index in [1.54, 1.807) is 18.4 Å². The number of amides is 2. The molecule has 2 aromatic rings. The van der Waals surface area contributed by atoms with E-state index in [-0.39, 0.29) is 17.9 Å². The zero-order valence-electron chi connectivity index (χ0n) is 16.8. The van der Waals surface area contributed by atoms with Crippen molar-refractivity contribution in [2.24, 2.45) is 0 Å². The topological polar surface area (TPSA) is 58.6 Å². The number of fused-ring (bicyclic) bond motifs is 1. The van der Waals surface area contributed by atoms with Crippen LogP contribution in [0.1, 0.15) is 54.3 Å². The highest BCUT2D eigenvalue weighted by molar-refractivity contribution is 7.21. The van der Waals surface area contributed by atoms with Gasteiger partial charge in [0.25, 0.3) is 5.91 Å². The third-order valence-corrected chi connectivity index (χ3v) is 6.65. The SMILES string of the molecule is CCC(=O)N1CCCCCC1Cc1c(C(=O)NCCOC)sc2ccccc12. The van der Waals surface area contributed by atoms with Gasteiger partial charge >= 0.3 is 0 Å². The Kier molecular flexibility index (Phi) is 7.45. The fourth-order valence-corrected chi connectivity index (χ4v) is 5.14. The number of nitrogens with one attached hydrogen (secondary N) is 1. The molecule has 1 aromatic carbocycles. The van der Waals surface area contributed by atoms with Gasteiger partial charge in [-0.25, -0.2) is 0 Å². The quantitative estimate of drug-likeness (QED) is 0.712. The highest BCUT2D eigenvalue weighted by atomic mass is 32.1. The molecule has 2 heterocycles. The van der Waals surface area contributed by atoms with E-state index in [1.807, 2.05) is 19.1 Å². The van der Waals surface area contributed by atoms with Crippen molar-refractivity contribution in [2.75, 3.05) is 26.8 Å². The Bertz CT molecular complexity index is 817. The van der Waals surface area contributed by atoms with Gasteiger partial charge in [0.05, 0.1) is 11.5 Å². The highest BCUT2D eigenvalue weighted by Gasteiger charge is 2.28. The molecule has 3 rings (SSSR count). The molecule has 1 unspecified atom stereocenters. The molecule has 6 heteroatoms. The number of hydrogen-bond donors (Lipinski definition) is 1. The van der Waals surface area contributed by atoms with Crippen LogP contribution in [-0.4, -0.2) is 49.6 Å². The third-order valence-electron chi connectivity index (χ3n) is 5.44. The number of ether oxygens (including phenoxy) is 1. The summed E-state index contributed by atoms with van der Waals surface area (Å²) in [7, 11) is 1.63. The van der Waals surface area contributed by atoms with E-state index in [4.69, 9.17) is 4.74 Å². The van der Waals surface area contributed by atoms with Crippen molar-refractivity contribution in [3.8, 4) is 0 Å². The second-order valence-electron chi connectivity index (χ2n) is 7.30. The maximum atomic E-state index is 12.9. The van der Waals surface area contributed by atoms with E-state index < -0.39 is 0 Å². The lowest BCUT2D eigenvalue weighted by Crippen LogP contribution is -2.41. The Hall–Kier alpha value is -1.92. The Morgan fingerprint density at radius 1 is 1.25 bits per heavy atom. The summed E-state index contributed by atoms with van der Waals surface area (Å²) in [5.74, 6) is 0.174. The minimum Gasteiger partial charge on any atom is -0.383 e. The molecule has 152 valence electrons. The molecule has 1 aromatic heterocycles. The van der Waals surface area contributed by atoms with Crippen LogP contribution in [-0.2, 0) is 16.0 Å². The molecular weight excluding hydrogens is 372 g/mol. The van der Waals surface area contributed by atoms with Crippen LogP contribution in [0.3, 0.4) is 0 Å². The van der Waals surface area contributed by atoms with Gasteiger partial charge in [-0.15, -0.1) is 11.3 Å². The standard InChI is InChI=1S/C22H30N2O3S/c1-3-20(25)24-13-8-4-5-9-16(24)15-18-17-10-6-7-11-19(17)28-21(18)22(26)23-12-14-27-2/h6-7,10-11,16H,3-5,8-9,12-15H2,1-2H3,(H,23,26). The van der Waals surface area contributed by atoms with Crippen LogP contribution in [0.2, 0.25) is 0 Å². The lowest BCUT2D eigenvalue weighted by Gasteiger charge is -2.30. The number of thiophene rings is 1. The number of hydrogen-bond acceptors (Lipinski definition) is 4. The van der Waals surface area contributed by atoms with Gasteiger partial charge in [-0.2, -0.15) is 0 Å². The molecule has 5 nitrogen and oxygen atoms in total. The van der Waals surface area contributed by atoms with E-state index in [1.165, 1.54) is 6.42 Å². The fourth-order valence-electron chi connectivity index (χ4n) is 3.99. The Balaban J connectivity index is 1.92. The molecule has 28 heavy (non-hydrogen) atoms. The van der Waals surface area contributed by atoms with E-state index >= 15 is 0 Å². The van der Waals surface area contributed by atoms with Gasteiger partial charge in [-0.3, -0.25) is 9.59 Å². The van der Waals surface area contributed by atoms with Gasteiger partial charge < -0.3 is 15.0 Å². The van der Waals surface area contributed by atoms with Crippen molar-refractivity contribution in [3.63, 3.8) is 0 Å². The first-order valence-electron chi connectivity index (χ1n) is 10.2.